The molecule has 1 aliphatic heterocycles. The van der Waals surface area contributed by atoms with Gasteiger partial charge in [0.1, 0.15) is 17.2 Å². The number of ether oxygens (including phenoxy) is 2. The molecule has 6 rings (SSSR count). The average Bonchev–Trinajstić information content (AvgIpc) is 3.22. The lowest BCUT2D eigenvalue weighted by Gasteiger charge is -2.32. The predicted octanol–water partition coefficient (Wildman–Crippen LogP) is 11.7. The number of sulfonamides is 1. The quantitative estimate of drug-likeness (QED) is 0.0686. The van der Waals surface area contributed by atoms with Gasteiger partial charge in [0.05, 0.1) is 46.6 Å². The van der Waals surface area contributed by atoms with Crippen molar-refractivity contribution >= 4 is 78.7 Å². The summed E-state index contributed by atoms with van der Waals surface area (Å²) in [4.78, 5) is 36.0. The van der Waals surface area contributed by atoms with Gasteiger partial charge in [0, 0.05) is 54.7 Å². The zero-order valence-corrected chi connectivity index (χ0v) is 38.5. The van der Waals surface area contributed by atoms with Crippen LogP contribution in [0.4, 0.5) is 38.9 Å². The summed E-state index contributed by atoms with van der Waals surface area (Å²) in [5.74, 6) is -0.762. The lowest BCUT2D eigenvalue weighted by molar-refractivity contribution is 0.102. The number of phenolic OH excluding ortho intramolecular Hbond substituents is 1. The normalized spacial score (nSPS) is 12.1. The molecule has 1 aliphatic rings. The highest BCUT2D eigenvalue weighted by atomic mass is 32.2. The Morgan fingerprint density at radius 1 is 0.742 bits per heavy atom. The minimum atomic E-state index is -3.83. The molecule has 0 bridgehead atoms. The van der Waals surface area contributed by atoms with Crippen LogP contribution in [0.15, 0.2) is 88.7 Å². The van der Waals surface area contributed by atoms with Crippen molar-refractivity contribution in [2.45, 2.75) is 87.8 Å². The van der Waals surface area contributed by atoms with E-state index in [0.717, 1.165) is 52.2 Å². The van der Waals surface area contributed by atoms with Crippen molar-refractivity contribution in [2.75, 3.05) is 65.8 Å². The Bertz CT molecular complexity index is 2470. The molecule has 0 fully saturated rings. The number of carbonyl (C=O) groups excluding carboxylic acids is 2. The van der Waals surface area contributed by atoms with Crippen LogP contribution in [0.2, 0.25) is 0 Å². The van der Waals surface area contributed by atoms with Crippen molar-refractivity contribution in [1.82, 2.24) is 0 Å². The minimum Gasteiger partial charge on any atom is -0.506 e. The number of fused-ring (bicyclic) bond motifs is 3. The van der Waals surface area contributed by atoms with Crippen LogP contribution < -0.4 is 34.2 Å². The van der Waals surface area contributed by atoms with Gasteiger partial charge in [0.15, 0.2) is 0 Å². The SMILES string of the molecule is CCCCCCCCCCCCOc1ccc(C)cc1NC(=O)c1cc(OC(=O)N2c3ccc(N(C)C)cc3Sc3cc(N(C)C)ccc32)c2c(NS(C)(=O)=O)cccc2c1O. The van der Waals surface area contributed by atoms with E-state index in [4.69, 9.17) is 9.47 Å². The third kappa shape index (κ3) is 11.3. The van der Waals surface area contributed by atoms with E-state index in [1.807, 2.05) is 93.4 Å². The van der Waals surface area contributed by atoms with Gasteiger partial charge < -0.3 is 29.7 Å². The topological polar surface area (TPSA) is 141 Å². The summed E-state index contributed by atoms with van der Waals surface area (Å²) in [6, 6.07) is 22.9. The first-order valence-electron chi connectivity index (χ1n) is 21.3. The molecule has 5 aromatic rings. The zero-order chi connectivity index (χ0) is 44.6. The van der Waals surface area contributed by atoms with Gasteiger partial charge >= 0.3 is 6.09 Å². The first-order chi connectivity index (χ1) is 29.6. The Labute approximate surface area is 370 Å². The van der Waals surface area contributed by atoms with E-state index in [1.165, 1.54) is 79.8 Å². The molecule has 62 heavy (non-hydrogen) atoms. The molecule has 0 saturated carbocycles. The average molecular weight is 882 g/mol. The van der Waals surface area contributed by atoms with E-state index >= 15 is 0 Å². The second-order valence-electron chi connectivity index (χ2n) is 16.3. The molecule has 5 aromatic carbocycles. The maximum atomic E-state index is 14.7. The van der Waals surface area contributed by atoms with E-state index in [9.17, 15) is 23.1 Å². The first-order valence-corrected chi connectivity index (χ1v) is 24.0. The summed E-state index contributed by atoms with van der Waals surface area (Å²) in [6.45, 7) is 4.62. The molecular formula is C48H59N5O7S2. The van der Waals surface area contributed by atoms with Gasteiger partial charge in [-0.15, -0.1) is 0 Å². The second kappa shape index (κ2) is 20.5. The lowest BCUT2D eigenvalue weighted by Crippen LogP contribution is -2.31. The van der Waals surface area contributed by atoms with Crippen molar-refractivity contribution in [3.05, 3.63) is 90.0 Å². The number of amides is 2. The Morgan fingerprint density at radius 2 is 1.34 bits per heavy atom. The smallest absolute Gasteiger partial charge is 0.424 e. The van der Waals surface area contributed by atoms with Crippen LogP contribution in [0.1, 0.15) is 87.1 Å². The third-order valence-electron chi connectivity index (χ3n) is 10.8. The van der Waals surface area contributed by atoms with Crippen LogP contribution in [-0.4, -0.2) is 66.6 Å². The highest BCUT2D eigenvalue weighted by Crippen LogP contribution is 2.51. The first kappa shape index (κ1) is 45.9. The number of hydrogen-bond donors (Lipinski definition) is 3. The highest BCUT2D eigenvalue weighted by molar-refractivity contribution is 7.99. The summed E-state index contributed by atoms with van der Waals surface area (Å²) in [7, 11) is 3.93. The highest BCUT2D eigenvalue weighted by Gasteiger charge is 2.32. The Balaban J connectivity index is 1.31. The summed E-state index contributed by atoms with van der Waals surface area (Å²) in [5, 5.41) is 14.8. The van der Waals surface area contributed by atoms with Crippen molar-refractivity contribution < 1.29 is 32.6 Å². The molecule has 1 heterocycles. The predicted molar refractivity (Wildman–Crippen MR) is 254 cm³/mol. The van der Waals surface area contributed by atoms with E-state index in [2.05, 4.69) is 17.0 Å². The molecule has 330 valence electrons. The fourth-order valence-electron chi connectivity index (χ4n) is 7.48. The molecule has 12 nitrogen and oxygen atoms in total. The number of aromatic hydroxyl groups is 1. The van der Waals surface area contributed by atoms with Crippen LogP contribution in [-0.2, 0) is 10.0 Å². The van der Waals surface area contributed by atoms with Crippen molar-refractivity contribution in [3.63, 3.8) is 0 Å². The Kier molecular flexibility index (Phi) is 15.2. The van der Waals surface area contributed by atoms with Crippen molar-refractivity contribution in [3.8, 4) is 17.2 Å². The lowest BCUT2D eigenvalue weighted by atomic mass is 10.0. The minimum absolute atomic E-state index is 0.0534. The summed E-state index contributed by atoms with van der Waals surface area (Å²) in [6.07, 6.45) is 12.2. The number of rotatable bonds is 19. The molecule has 0 aliphatic carbocycles. The maximum absolute atomic E-state index is 14.7. The number of phenols is 1. The molecule has 0 atom stereocenters. The number of anilines is 6. The maximum Gasteiger partial charge on any atom is 0.424 e. The van der Waals surface area contributed by atoms with Gasteiger partial charge in [-0.1, -0.05) is 94.7 Å². The number of nitrogens with zero attached hydrogens (tertiary/aromatic N) is 3. The van der Waals surface area contributed by atoms with Crippen LogP contribution in [0, 0.1) is 6.92 Å². The number of aryl methyl sites for hydroxylation is 1. The van der Waals surface area contributed by atoms with Gasteiger partial charge in [0.2, 0.25) is 10.0 Å². The molecule has 0 unspecified atom stereocenters. The second-order valence-corrected chi connectivity index (χ2v) is 19.1. The van der Waals surface area contributed by atoms with Crippen LogP contribution in [0.5, 0.6) is 17.2 Å². The molecule has 0 saturated heterocycles. The fraction of sp³-hybridized carbons (Fsp3) is 0.375. The van der Waals surface area contributed by atoms with Gasteiger partial charge in [-0.2, -0.15) is 0 Å². The number of benzene rings is 5. The van der Waals surface area contributed by atoms with Crippen LogP contribution >= 0.6 is 11.8 Å². The monoisotopic (exact) mass is 881 g/mol. The third-order valence-corrected chi connectivity index (χ3v) is 12.5. The largest absolute Gasteiger partial charge is 0.506 e. The van der Waals surface area contributed by atoms with E-state index in [0.29, 0.717) is 29.4 Å². The summed E-state index contributed by atoms with van der Waals surface area (Å²) < 4.78 is 40.1. The van der Waals surface area contributed by atoms with Gasteiger partial charge in [-0.3, -0.25) is 9.52 Å². The van der Waals surface area contributed by atoms with Crippen molar-refractivity contribution in [2.24, 2.45) is 0 Å². The van der Waals surface area contributed by atoms with Crippen LogP contribution in [0.25, 0.3) is 10.8 Å². The van der Waals surface area contributed by atoms with E-state index in [1.54, 1.807) is 12.1 Å². The number of hydrogen-bond acceptors (Lipinski definition) is 10. The number of unbranched alkanes of at least 4 members (excludes halogenated alkanes) is 9. The van der Waals surface area contributed by atoms with Crippen LogP contribution in [0.3, 0.4) is 0 Å². The van der Waals surface area contributed by atoms with E-state index < -0.39 is 27.8 Å². The Hall–Kier alpha value is -5.60. The molecule has 14 heteroatoms. The molecule has 0 radical (unpaired) electrons. The van der Waals surface area contributed by atoms with Gasteiger partial charge in [0.25, 0.3) is 5.91 Å². The summed E-state index contributed by atoms with van der Waals surface area (Å²) >= 11 is 1.53. The summed E-state index contributed by atoms with van der Waals surface area (Å²) in [5.41, 5.74) is 4.20. The molecule has 0 aromatic heterocycles. The Morgan fingerprint density at radius 3 is 1.92 bits per heavy atom. The molecule has 2 amide bonds. The molecular weight excluding hydrogens is 823 g/mol. The van der Waals surface area contributed by atoms with Crippen molar-refractivity contribution in [1.29, 1.82) is 0 Å². The molecule has 0 spiro atoms. The number of nitrogens with one attached hydrogen (secondary N) is 2. The zero-order valence-electron chi connectivity index (χ0n) is 36.8. The van der Waals surface area contributed by atoms with Gasteiger partial charge in [-0.05, 0) is 79.6 Å². The fourth-order valence-corrected chi connectivity index (χ4v) is 9.17. The molecule has 3 N–H and O–H groups in total. The number of carbonyl (C=O) groups is 2. The van der Waals surface area contributed by atoms with Gasteiger partial charge in [-0.25, -0.2) is 18.1 Å². The standard InChI is InChI=1S/C48H59N5O7S2/c1-8-9-10-11-12-13-14-15-16-17-27-59-41-26-21-32(2)28-38(41)49-47(55)36-31-42(45-35(46(36)54)19-18-20-37(45)50-62(7,57)58)60-48(56)53-39-24-22-33(51(3)4)29-43(39)61-44-30-34(52(5)6)23-25-40(44)53/h18-26,28-31,50,54H,8-17,27H2,1-7H3,(H,49,55). The van der Waals surface area contributed by atoms with E-state index in [-0.39, 0.29) is 27.8 Å².